The summed E-state index contributed by atoms with van der Waals surface area (Å²) >= 11 is 1.22. The van der Waals surface area contributed by atoms with E-state index in [2.05, 4.69) is 4.99 Å². The Morgan fingerprint density at radius 3 is 2.79 bits per heavy atom. The number of aromatic nitrogens is 1. The van der Waals surface area contributed by atoms with Gasteiger partial charge < -0.3 is 14.0 Å². The van der Waals surface area contributed by atoms with Crippen molar-refractivity contribution in [1.29, 1.82) is 0 Å². The second-order valence-electron chi connectivity index (χ2n) is 5.76. The lowest BCUT2D eigenvalue weighted by Crippen LogP contribution is -2.20. The second kappa shape index (κ2) is 8.77. The van der Waals surface area contributed by atoms with Gasteiger partial charge in [-0.3, -0.25) is 14.9 Å². The van der Waals surface area contributed by atoms with Crippen LogP contribution in [0.25, 0.3) is 10.2 Å². The maximum absolute atomic E-state index is 12.7. The van der Waals surface area contributed by atoms with Crippen molar-refractivity contribution >= 4 is 33.1 Å². The molecule has 0 fully saturated rings. The molecular formula is C19H19N3O5S. The lowest BCUT2D eigenvalue weighted by molar-refractivity contribution is -0.384. The van der Waals surface area contributed by atoms with Crippen molar-refractivity contribution in [2.24, 2.45) is 4.99 Å². The molecule has 0 aliphatic carbocycles. The lowest BCUT2D eigenvalue weighted by atomic mass is 10.2. The van der Waals surface area contributed by atoms with Gasteiger partial charge in [0.25, 0.3) is 11.6 Å². The summed E-state index contributed by atoms with van der Waals surface area (Å²) in [6.45, 7) is 3.38. The van der Waals surface area contributed by atoms with Gasteiger partial charge in [0.1, 0.15) is 5.75 Å². The molecule has 0 spiro atoms. The maximum Gasteiger partial charge on any atom is 0.283 e. The SMILES string of the molecule is CCOCCn1c(=NC(=O)c2ccccc2OC)sc2cc([N+](=O)[O-])ccc21. The van der Waals surface area contributed by atoms with Crippen molar-refractivity contribution in [2.75, 3.05) is 20.3 Å². The van der Waals surface area contributed by atoms with Crippen molar-refractivity contribution in [3.63, 3.8) is 0 Å². The normalized spacial score (nSPS) is 11.7. The summed E-state index contributed by atoms with van der Waals surface area (Å²) in [7, 11) is 1.49. The molecule has 8 nitrogen and oxygen atoms in total. The predicted molar refractivity (Wildman–Crippen MR) is 106 cm³/mol. The number of rotatable bonds is 7. The highest BCUT2D eigenvalue weighted by Gasteiger charge is 2.15. The summed E-state index contributed by atoms with van der Waals surface area (Å²) in [5.74, 6) is -0.00229. The molecule has 3 rings (SSSR count). The summed E-state index contributed by atoms with van der Waals surface area (Å²) in [6, 6.07) is 11.5. The van der Waals surface area contributed by atoms with Crippen LogP contribution in [0.3, 0.4) is 0 Å². The van der Waals surface area contributed by atoms with Crippen LogP contribution in [-0.2, 0) is 11.3 Å². The molecule has 0 unspecified atom stereocenters. The van der Waals surface area contributed by atoms with Gasteiger partial charge >= 0.3 is 0 Å². The number of para-hydroxylation sites is 1. The largest absolute Gasteiger partial charge is 0.496 e. The first-order valence-corrected chi connectivity index (χ1v) is 9.44. The Hall–Kier alpha value is -3.04. The number of amides is 1. The van der Waals surface area contributed by atoms with E-state index in [1.807, 2.05) is 11.5 Å². The molecule has 0 atom stereocenters. The minimum atomic E-state index is -0.444. The van der Waals surface area contributed by atoms with E-state index >= 15 is 0 Å². The molecule has 1 heterocycles. The average Bonchev–Trinajstić information content (AvgIpc) is 3.04. The molecule has 9 heteroatoms. The molecule has 0 bridgehead atoms. The van der Waals surface area contributed by atoms with Crippen molar-refractivity contribution in [3.05, 3.63) is 62.9 Å². The molecule has 0 saturated heterocycles. The van der Waals surface area contributed by atoms with E-state index in [4.69, 9.17) is 9.47 Å². The van der Waals surface area contributed by atoms with Crippen LogP contribution in [0, 0.1) is 10.1 Å². The molecule has 3 aromatic rings. The number of carbonyl (C=O) groups is 1. The smallest absolute Gasteiger partial charge is 0.283 e. The fourth-order valence-corrected chi connectivity index (χ4v) is 3.83. The van der Waals surface area contributed by atoms with Crippen LogP contribution in [0.5, 0.6) is 5.75 Å². The van der Waals surface area contributed by atoms with E-state index in [0.29, 0.717) is 40.6 Å². The second-order valence-corrected chi connectivity index (χ2v) is 6.77. The minimum Gasteiger partial charge on any atom is -0.496 e. The van der Waals surface area contributed by atoms with E-state index in [-0.39, 0.29) is 5.69 Å². The van der Waals surface area contributed by atoms with Gasteiger partial charge in [-0.2, -0.15) is 4.99 Å². The van der Waals surface area contributed by atoms with Crippen LogP contribution < -0.4 is 9.54 Å². The number of nitro groups is 1. The van der Waals surface area contributed by atoms with Gasteiger partial charge in [0.15, 0.2) is 4.80 Å². The Morgan fingerprint density at radius 1 is 1.29 bits per heavy atom. The van der Waals surface area contributed by atoms with E-state index < -0.39 is 10.8 Å². The van der Waals surface area contributed by atoms with Crippen LogP contribution in [0.15, 0.2) is 47.5 Å². The van der Waals surface area contributed by atoms with Gasteiger partial charge in [0.05, 0.1) is 34.4 Å². The van der Waals surface area contributed by atoms with Crippen molar-refractivity contribution in [3.8, 4) is 5.75 Å². The third-order valence-corrected chi connectivity index (χ3v) is 5.12. The van der Waals surface area contributed by atoms with Gasteiger partial charge in [-0.25, -0.2) is 0 Å². The molecule has 0 saturated carbocycles. The zero-order chi connectivity index (χ0) is 20.1. The number of hydrogen-bond donors (Lipinski definition) is 0. The summed E-state index contributed by atoms with van der Waals surface area (Å²) in [5, 5.41) is 11.1. The monoisotopic (exact) mass is 401 g/mol. The highest BCUT2D eigenvalue weighted by Crippen LogP contribution is 2.24. The predicted octanol–water partition coefficient (Wildman–Crippen LogP) is 3.40. The number of ether oxygens (including phenoxy) is 2. The van der Waals surface area contributed by atoms with Crippen molar-refractivity contribution in [2.45, 2.75) is 13.5 Å². The molecule has 0 aliphatic rings. The third-order valence-electron chi connectivity index (χ3n) is 4.08. The third kappa shape index (κ3) is 4.10. The Bertz CT molecular complexity index is 1090. The first-order chi connectivity index (χ1) is 13.5. The van der Waals surface area contributed by atoms with Crippen LogP contribution >= 0.6 is 11.3 Å². The number of thiazole rings is 1. The maximum atomic E-state index is 12.7. The average molecular weight is 401 g/mol. The Labute approximate surface area is 164 Å². The summed E-state index contributed by atoms with van der Waals surface area (Å²) in [5.41, 5.74) is 1.11. The molecule has 2 aromatic carbocycles. The fourth-order valence-electron chi connectivity index (χ4n) is 2.75. The number of carbonyl (C=O) groups excluding carboxylic acids is 1. The number of hydrogen-bond acceptors (Lipinski definition) is 6. The van der Waals surface area contributed by atoms with Crippen LogP contribution in [0.4, 0.5) is 5.69 Å². The van der Waals surface area contributed by atoms with Crippen molar-refractivity contribution < 1.29 is 19.2 Å². The molecule has 0 radical (unpaired) electrons. The van der Waals surface area contributed by atoms with Gasteiger partial charge in [-0.15, -0.1) is 0 Å². The number of methoxy groups -OCH3 is 1. The zero-order valence-electron chi connectivity index (χ0n) is 15.5. The molecule has 1 aromatic heterocycles. The Balaban J connectivity index is 2.11. The summed E-state index contributed by atoms with van der Waals surface area (Å²) < 4.78 is 13.2. The quantitative estimate of drug-likeness (QED) is 0.343. The summed E-state index contributed by atoms with van der Waals surface area (Å²) in [6.07, 6.45) is 0. The Morgan fingerprint density at radius 2 is 2.07 bits per heavy atom. The highest BCUT2D eigenvalue weighted by atomic mass is 32.1. The molecule has 0 aliphatic heterocycles. The zero-order valence-corrected chi connectivity index (χ0v) is 16.3. The van der Waals surface area contributed by atoms with E-state index in [0.717, 1.165) is 5.52 Å². The van der Waals surface area contributed by atoms with Gasteiger partial charge in [0.2, 0.25) is 0 Å². The number of fused-ring (bicyclic) bond motifs is 1. The van der Waals surface area contributed by atoms with E-state index in [1.165, 1.54) is 30.6 Å². The molecule has 0 N–H and O–H groups in total. The van der Waals surface area contributed by atoms with Gasteiger partial charge in [-0.05, 0) is 25.1 Å². The first-order valence-electron chi connectivity index (χ1n) is 8.62. The number of nitrogens with zero attached hydrogens (tertiary/aromatic N) is 3. The highest BCUT2D eigenvalue weighted by molar-refractivity contribution is 7.16. The number of nitro benzene ring substituents is 1. The van der Waals surface area contributed by atoms with E-state index in [1.54, 1.807) is 30.3 Å². The Kier molecular flexibility index (Phi) is 6.17. The van der Waals surface area contributed by atoms with Crippen LogP contribution in [-0.4, -0.2) is 35.7 Å². The number of non-ortho nitro benzene ring substituents is 1. The van der Waals surface area contributed by atoms with Crippen LogP contribution in [0.2, 0.25) is 0 Å². The molecule has 146 valence electrons. The molecule has 28 heavy (non-hydrogen) atoms. The molecule has 1 amide bonds. The fraction of sp³-hybridized carbons (Fsp3) is 0.263. The molecular weight excluding hydrogens is 382 g/mol. The van der Waals surface area contributed by atoms with Gasteiger partial charge in [-0.1, -0.05) is 23.5 Å². The topological polar surface area (TPSA) is 96.0 Å². The van der Waals surface area contributed by atoms with E-state index in [9.17, 15) is 14.9 Å². The standard InChI is InChI=1S/C19H19N3O5S/c1-3-27-11-10-21-15-9-8-13(22(24)25)12-17(15)28-19(21)20-18(23)14-6-4-5-7-16(14)26-2/h4-9,12H,3,10-11H2,1-2H3. The summed E-state index contributed by atoms with van der Waals surface area (Å²) in [4.78, 5) is 28.1. The van der Waals surface area contributed by atoms with Crippen LogP contribution in [0.1, 0.15) is 17.3 Å². The minimum absolute atomic E-state index is 0.00619. The first kappa shape index (κ1) is 19.7. The number of benzene rings is 2. The lowest BCUT2D eigenvalue weighted by Gasteiger charge is -2.06. The van der Waals surface area contributed by atoms with Gasteiger partial charge in [0, 0.05) is 25.3 Å². The van der Waals surface area contributed by atoms with Crippen molar-refractivity contribution in [1.82, 2.24) is 4.57 Å².